The lowest BCUT2D eigenvalue weighted by Gasteiger charge is -2.50. The van der Waals surface area contributed by atoms with Crippen LogP contribution in [-0.4, -0.2) is 59.1 Å². The van der Waals surface area contributed by atoms with Crippen molar-refractivity contribution in [3.8, 4) is 0 Å². The zero-order valence-corrected chi connectivity index (χ0v) is 14.1. The van der Waals surface area contributed by atoms with Crippen LogP contribution in [0.2, 0.25) is 0 Å². The molecule has 0 bridgehead atoms. The van der Waals surface area contributed by atoms with E-state index >= 15 is 0 Å². The third-order valence-electron chi connectivity index (χ3n) is 5.53. The van der Waals surface area contributed by atoms with Gasteiger partial charge in [-0.25, -0.2) is 0 Å². The number of hydrogen-bond donors (Lipinski definition) is 0. The third-order valence-corrected chi connectivity index (χ3v) is 7.10. The topological polar surface area (TPSA) is 6.48 Å². The van der Waals surface area contributed by atoms with Crippen molar-refractivity contribution in [1.29, 1.82) is 0 Å². The molecule has 0 aliphatic carbocycles. The number of rotatable bonds is 5. The second-order valence-corrected chi connectivity index (χ2v) is 7.79. The van der Waals surface area contributed by atoms with Crippen LogP contribution in [0, 0.1) is 0 Å². The Morgan fingerprint density at radius 3 is 2.53 bits per heavy atom. The largest absolute Gasteiger partial charge is 0.298 e. The Balaban J connectivity index is 1.99. The summed E-state index contributed by atoms with van der Waals surface area (Å²) in [6.45, 7) is 12.4. The van der Waals surface area contributed by atoms with Gasteiger partial charge in [-0.15, -0.1) is 0 Å². The van der Waals surface area contributed by atoms with Crippen LogP contribution < -0.4 is 0 Å². The van der Waals surface area contributed by atoms with E-state index in [0.717, 1.165) is 12.1 Å². The second-order valence-electron chi connectivity index (χ2n) is 6.52. The lowest BCUT2D eigenvalue weighted by atomic mass is 9.94. The summed E-state index contributed by atoms with van der Waals surface area (Å²) in [5.41, 5.74) is 0. The molecule has 2 rings (SSSR count). The van der Waals surface area contributed by atoms with Gasteiger partial charge in [0.2, 0.25) is 0 Å². The van der Waals surface area contributed by atoms with Crippen molar-refractivity contribution in [2.75, 3.05) is 32.4 Å². The highest BCUT2D eigenvalue weighted by atomic mass is 32.2. The highest BCUT2D eigenvalue weighted by Crippen LogP contribution is 2.34. The molecule has 2 unspecified atom stereocenters. The quantitative estimate of drug-likeness (QED) is 0.763. The van der Waals surface area contributed by atoms with Crippen LogP contribution in [-0.2, 0) is 0 Å². The van der Waals surface area contributed by atoms with Gasteiger partial charge in [-0.1, -0.05) is 20.3 Å². The van der Waals surface area contributed by atoms with Gasteiger partial charge in [-0.05, 0) is 45.4 Å². The molecule has 112 valence electrons. The van der Waals surface area contributed by atoms with Crippen LogP contribution in [0.1, 0.15) is 52.9 Å². The minimum absolute atomic E-state index is 0.477. The fraction of sp³-hybridized carbons (Fsp3) is 1.00. The van der Waals surface area contributed by atoms with Crippen molar-refractivity contribution in [2.24, 2.45) is 0 Å². The van der Waals surface area contributed by atoms with Crippen molar-refractivity contribution < 1.29 is 0 Å². The van der Waals surface area contributed by atoms with Gasteiger partial charge in [-0.2, -0.15) is 11.8 Å². The average molecular weight is 285 g/mol. The number of hydrogen-bond acceptors (Lipinski definition) is 3. The Labute approximate surface area is 124 Å². The molecule has 3 heteroatoms. The first kappa shape index (κ1) is 15.7. The van der Waals surface area contributed by atoms with Crippen LogP contribution in [0.5, 0.6) is 0 Å². The molecule has 0 aromatic heterocycles. The smallest absolute Gasteiger partial charge is 0.0279 e. The summed E-state index contributed by atoms with van der Waals surface area (Å²) in [5.74, 6) is 0. The molecule has 2 nitrogen and oxygen atoms in total. The van der Waals surface area contributed by atoms with E-state index < -0.39 is 0 Å². The molecule has 2 aliphatic heterocycles. The van der Waals surface area contributed by atoms with Gasteiger partial charge in [0, 0.05) is 36.5 Å². The first-order valence-corrected chi connectivity index (χ1v) is 9.40. The van der Waals surface area contributed by atoms with Crippen LogP contribution in [0.4, 0.5) is 0 Å². The number of thioether (sulfide) groups is 1. The molecule has 19 heavy (non-hydrogen) atoms. The number of nitrogens with zero attached hydrogens (tertiary/aromatic N) is 2. The Morgan fingerprint density at radius 2 is 1.89 bits per heavy atom. The molecule has 0 spiro atoms. The summed E-state index contributed by atoms with van der Waals surface area (Å²) in [7, 11) is 0. The molecule has 2 saturated heterocycles. The van der Waals surface area contributed by atoms with Crippen molar-refractivity contribution in [3.63, 3.8) is 0 Å². The second kappa shape index (κ2) is 6.82. The fourth-order valence-electron chi connectivity index (χ4n) is 3.83. The SMILES string of the molecule is CCC(CC)(CN1CC2CCCCN2CC1C)SC. The Hall–Kier alpha value is 0.270. The average Bonchev–Trinajstić information content (AvgIpc) is 2.45. The molecule has 0 aromatic rings. The maximum Gasteiger partial charge on any atom is 0.0279 e. The Morgan fingerprint density at radius 1 is 1.16 bits per heavy atom. The molecule has 0 aromatic carbocycles. The van der Waals surface area contributed by atoms with Gasteiger partial charge in [-0.3, -0.25) is 9.80 Å². The summed E-state index contributed by atoms with van der Waals surface area (Å²) in [6.07, 6.45) is 9.17. The van der Waals surface area contributed by atoms with Crippen LogP contribution in [0.3, 0.4) is 0 Å². The van der Waals surface area contributed by atoms with E-state index in [2.05, 4.69) is 48.6 Å². The van der Waals surface area contributed by atoms with E-state index in [1.54, 1.807) is 0 Å². The third kappa shape index (κ3) is 3.48. The monoisotopic (exact) mass is 284 g/mol. The van der Waals surface area contributed by atoms with E-state index in [9.17, 15) is 0 Å². The van der Waals surface area contributed by atoms with Crippen molar-refractivity contribution in [3.05, 3.63) is 0 Å². The van der Waals surface area contributed by atoms with Crippen molar-refractivity contribution in [2.45, 2.75) is 69.7 Å². The fourth-order valence-corrected chi connectivity index (χ4v) is 4.70. The molecule has 2 heterocycles. The van der Waals surface area contributed by atoms with Gasteiger partial charge in [0.1, 0.15) is 0 Å². The molecule has 0 saturated carbocycles. The summed E-state index contributed by atoms with van der Waals surface area (Å²) < 4.78 is 0.477. The number of piperazine rings is 1. The zero-order valence-electron chi connectivity index (χ0n) is 13.3. The van der Waals surface area contributed by atoms with Gasteiger partial charge < -0.3 is 0 Å². The number of fused-ring (bicyclic) bond motifs is 1. The molecule has 0 N–H and O–H groups in total. The molecular weight excluding hydrogens is 252 g/mol. The van der Waals surface area contributed by atoms with Gasteiger partial charge in [0.25, 0.3) is 0 Å². The maximum absolute atomic E-state index is 2.79. The van der Waals surface area contributed by atoms with Gasteiger partial charge in [0.15, 0.2) is 0 Å². The predicted molar refractivity (Wildman–Crippen MR) is 87.1 cm³/mol. The molecule has 0 amide bonds. The summed E-state index contributed by atoms with van der Waals surface area (Å²) in [5, 5.41) is 0. The van der Waals surface area contributed by atoms with E-state index in [4.69, 9.17) is 0 Å². The predicted octanol–water partition coefficient (Wildman–Crippen LogP) is 3.47. The van der Waals surface area contributed by atoms with Crippen molar-refractivity contribution in [1.82, 2.24) is 9.80 Å². The van der Waals surface area contributed by atoms with Gasteiger partial charge >= 0.3 is 0 Å². The van der Waals surface area contributed by atoms with E-state index in [1.165, 1.54) is 58.3 Å². The first-order chi connectivity index (χ1) is 9.14. The van der Waals surface area contributed by atoms with Crippen molar-refractivity contribution >= 4 is 11.8 Å². The van der Waals surface area contributed by atoms with E-state index in [-0.39, 0.29) is 0 Å². The molecule has 2 fully saturated rings. The summed E-state index contributed by atoms with van der Waals surface area (Å²) >= 11 is 2.09. The lowest BCUT2D eigenvalue weighted by molar-refractivity contribution is 0.0101. The molecule has 2 aliphatic rings. The highest BCUT2D eigenvalue weighted by molar-refractivity contribution is 8.00. The van der Waals surface area contributed by atoms with Crippen LogP contribution >= 0.6 is 11.8 Å². The summed E-state index contributed by atoms with van der Waals surface area (Å²) in [4.78, 5) is 5.54. The summed E-state index contributed by atoms with van der Waals surface area (Å²) in [6, 6.07) is 1.58. The number of piperidine rings is 1. The first-order valence-electron chi connectivity index (χ1n) is 8.17. The van der Waals surface area contributed by atoms with Gasteiger partial charge in [0.05, 0.1) is 0 Å². The minimum Gasteiger partial charge on any atom is -0.298 e. The van der Waals surface area contributed by atoms with Crippen LogP contribution in [0.25, 0.3) is 0 Å². The maximum atomic E-state index is 2.79. The van der Waals surface area contributed by atoms with Crippen LogP contribution in [0.15, 0.2) is 0 Å². The standard InChI is InChI=1S/C16H32N2S/c1-5-16(6-2,19-4)13-18-12-15-9-7-8-10-17(15)11-14(18)3/h14-15H,5-13H2,1-4H3. The lowest BCUT2D eigenvalue weighted by Crippen LogP contribution is -2.60. The van der Waals surface area contributed by atoms with E-state index in [0.29, 0.717) is 4.75 Å². The Kier molecular flexibility index (Phi) is 5.62. The molecule has 2 atom stereocenters. The van der Waals surface area contributed by atoms with E-state index in [1.807, 2.05) is 0 Å². The zero-order chi connectivity index (χ0) is 13.9. The highest BCUT2D eigenvalue weighted by Gasteiger charge is 2.36. The molecular formula is C16H32N2S. The normalized spacial score (nSPS) is 30.3. The molecule has 0 radical (unpaired) electrons. The Bertz CT molecular complexity index is 270. The minimum atomic E-state index is 0.477.